The molecule has 0 saturated carbocycles. The van der Waals surface area contributed by atoms with E-state index in [-0.39, 0.29) is 19.0 Å². The summed E-state index contributed by atoms with van der Waals surface area (Å²) in [7, 11) is 1.53. The normalized spacial score (nSPS) is 12.9. The lowest BCUT2D eigenvalue weighted by Crippen LogP contribution is -2.35. The molecule has 2 aromatic carbocycles. The SMILES string of the molecule is COc1ccc(C(O)C(O)CNC(=O)OCc2ccccc2)cc1CCl. The van der Waals surface area contributed by atoms with Crippen molar-refractivity contribution in [3.8, 4) is 5.75 Å². The van der Waals surface area contributed by atoms with Crippen molar-refractivity contribution in [2.24, 2.45) is 0 Å². The van der Waals surface area contributed by atoms with Crippen LogP contribution in [0.15, 0.2) is 48.5 Å². The molecule has 0 aliphatic rings. The molecule has 0 radical (unpaired) electrons. The van der Waals surface area contributed by atoms with Crippen LogP contribution in [0.1, 0.15) is 22.8 Å². The number of halogens is 1. The number of ether oxygens (including phenoxy) is 2. The van der Waals surface area contributed by atoms with Gasteiger partial charge in [-0.15, -0.1) is 11.6 Å². The molecular weight excluding hydrogens is 358 g/mol. The van der Waals surface area contributed by atoms with Crippen molar-refractivity contribution >= 4 is 17.7 Å². The first-order chi connectivity index (χ1) is 12.5. The lowest BCUT2D eigenvalue weighted by molar-refractivity contribution is 0.0183. The number of hydrogen-bond donors (Lipinski definition) is 3. The van der Waals surface area contributed by atoms with Gasteiger partial charge in [0.05, 0.1) is 13.0 Å². The Balaban J connectivity index is 1.84. The number of methoxy groups -OCH3 is 1. The first-order valence-electron chi connectivity index (χ1n) is 8.08. The van der Waals surface area contributed by atoms with Gasteiger partial charge in [-0.05, 0) is 23.3 Å². The van der Waals surface area contributed by atoms with Gasteiger partial charge in [-0.3, -0.25) is 0 Å². The molecule has 2 unspecified atom stereocenters. The minimum Gasteiger partial charge on any atom is -0.496 e. The quantitative estimate of drug-likeness (QED) is 0.614. The van der Waals surface area contributed by atoms with Gasteiger partial charge in [0.2, 0.25) is 0 Å². The van der Waals surface area contributed by atoms with E-state index in [9.17, 15) is 15.0 Å². The highest BCUT2D eigenvalue weighted by Crippen LogP contribution is 2.26. The average Bonchev–Trinajstić information content (AvgIpc) is 2.70. The highest BCUT2D eigenvalue weighted by Gasteiger charge is 2.20. The zero-order chi connectivity index (χ0) is 18.9. The molecule has 2 aromatic rings. The van der Waals surface area contributed by atoms with E-state index >= 15 is 0 Å². The van der Waals surface area contributed by atoms with Crippen molar-refractivity contribution < 1.29 is 24.5 Å². The van der Waals surface area contributed by atoms with E-state index in [2.05, 4.69) is 5.32 Å². The fraction of sp³-hybridized carbons (Fsp3) is 0.316. The van der Waals surface area contributed by atoms with Crippen molar-refractivity contribution in [2.45, 2.75) is 24.7 Å². The summed E-state index contributed by atoms with van der Waals surface area (Å²) in [6.07, 6.45) is -3.05. The molecule has 7 heteroatoms. The van der Waals surface area contributed by atoms with Gasteiger partial charge in [0.15, 0.2) is 0 Å². The molecule has 140 valence electrons. The molecule has 0 aromatic heterocycles. The van der Waals surface area contributed by atoms with Gasteiger partial charge in [0, 0.05) is 12.1 Å². The number of aliphatic hydroxyl groups excluding tert-OH is 2. The molecule has 2 atom stereocenters. The summed E-state index contributed by atoms with van der Waals surface area (Å²) in [6, 6.07) is 14.2. The van der Waals surface area contributed by atoms with Crippen LogP contribution in [0, 0.1) is 0 Å². The van der Waals surface area contributed by atoms with Gasteiger partial charge in [-0.2, -0.15) is 0 Å². The second-order valence-electron chi connectivity index (χ2n) is 5.66. The highest BCUT2D eigenvalue weighted by atomic mass is 35.5. The summed E-state index contributed by atoms with van der Waals surface area (Å²) in [5.74, 6) is 0.817. The lowest BCUT2D eigenvalue weighted by atomic mass is 10.0. The standard InChI is InChI=1S/C19H22ClNO5/c1-25-17-8-7-14(9-15(17)10-20)18(23)16(22)11-21-19(24)26-12-13-5-3-2-4-6-13/h2-9,16,18,22-23H,10-12H2,1H3,(H,21,24). The predicted octanol–water partition coefficient (Wildman–Crippen LogP) is 2.75. The van der Waals surface area contributed by atoms with Crippen LogP contribution in [0.25, 0.3) is 0 Å². The fourth-order valence-corrected chi connectivity index (χ4v) is 2.59. The summed E-state index contributed by atoms with van der Waals surface area (Å²) < 4.78 is 10.2. The number of nitrogens with one attached hydrogen (secondary N) is 1. The van der Waals surface area contributed by atoms with Gasteiger partial charge in [-0.25, -0.2) is 4.79 Å². The van der Waals surface area contributed by atoms with Crippen molar-refractivity contribution in [2.75, 3.05) is 13.7 Å². The van der Waals surface area contributed by atoms with E-state index < -0.39 is 18.3 Å². The Labute approximate surface area is 157 Å². The van der Waals surface area contributed by atoms with Crippen LogP contribution >= 0.6 is 11.6 Å². The van der Waals surface area contributed by atoms with Crippen LogP contribution in [0.2, 0.25) is 0 Å². The van der Waals surface area contributed by atoms with E-state index in [1.165, 1.54) is 7.11 Å². The summed E-state index contributed by atoms with van der Waals surface area (Å²) in [5.41, 5.74) is 2.04. The Morgan fingerprint density at radius 2 is 1.92 bits per heavy atom. The van der Waals surface area contributed by atoms with Crippen molar-refractivity contribution in [1.29, 1.82) is 0 Å². The topological polar surface area (TPSA) is 88.0 Å². The molecule has 3 N–H and O–H groups in total. The maximum absolute atomic E-state index is 11.7. The van der Waals surface area contributed by atoms with Crippen molar-refractivity contribution in [3.63, 3.8) is 0 Å². The van der Waals surface area contributed by atoms with E-state index in [0.29, 0.717) is 16.9 Å². The maximum Gasteiger partial charge on any atom is 0.407 e. The van der Waals surface area contributed by atoms with Gasteiger partial charge in [0.25, 0.3) is 0 Å². The maximum atomic E-state index is 11.7. The molecule has 0 spiro atoms. The Morgan fingerprint density at radius 3 is 2.58 bits per heavy atom. The van der Waals surface area contributed by atoms with E-state index in [4.69, 9.17) is 21.1 Å². The molecule has 2 rings (SSSR count). The second kappa shape index (κ2) is 10.0. The molecule has 0 saturated heterocycles. The number of amides is 1. The first kappa shape index (κ1) is 20.0. The fourth-order valence-electron chi connectivity index (χ4n) is 2.38. The van der Waals surface area contributed by atoms with Crippen LogP contribution < -0.4 is 10.1 Å². The zero-order valence-corrected chi connectivity index (χ0v) is 15.1. The molecule has 0 aliphatic carbocycles. The monoisotopic (exact) mass is 379 g/mol. The van der Waals surface area contributed by atoms with Crippen LogP contribution in [0.3, 0.4) is 0 Å². The molecule has 0 bridgehead atoms. The Bertz CT molecular complexity index is 710. The van der Waals surface area contributed by atoms with Gasteiger partial charge in [-0.1, -0.05) is 36.4 Å². The number of alkyl carbamates (subject to hydrolysis) is 1. The predicted molar refractivity (Wildman–Crippen MR) is 98.1 cm³/mol. The molecule has 0 fully saturated rings. The number of benzene rings is 2. The summed E-state index contributed by atoms with van der Waals surface area (Å²) in [5, 5.41) is 22.8. The van der Waals surface area contributed by atoms with Gasteiger partial charge in [0.1, 0.15) is 24.6 Å². The average molecular weight is 380 g/mol. The van der Waals surface area contributed by atoms with Crippen molar-refractivity contribution in [1.82, 2.24) is 5.32 Å². The molecule has 1 amide bonds. The minimum atomic E-state index is -1.20. The molecule has 0 heterocycles. The Kier molecular flexibility index (Phi) is 7.72. The van der Waals surface area contributed by atoms with E-state index in [1.807, 2.05) is 30.3 Å². The third-order valence-corrected chi connectivity index (χ3v) is 4.11. The number of carbonyl (C=O) groups is 1. The number of aliphatic hydroxyl groups is 2. The smallest absolute Gasteiger partial charge is 0.407 e. The second-order valence-corrected chi connectivity index (χ2v) is 5.93. The summed E-state index contributed by atoms with van der Waals surface area (Å²) >= 11 is 5.86. The summed E-state index contributed by atoms with van der Waals surface area (Å²) in [6.45, 7) is -0.0279. The minimum absolute atomic E-state index is 0.128. The van der Waals surface area contributed by atoms with Crippen LogP contribution in [-0.4, -0.2) is 36.1 Å². The van der Waals surface area contributed by atoms with Crippen LogP contribution in [0.4, 0.5) is 4.79 Å². The molecular formula is C19H22ClNO5. The van der Waals surface area contributed by atoms with E-state index in [0.717, 1.165) is 5.56 Å². The van der Waals surface area contributed by atoms with Crippen molar-refractivity contribution in [3.05, 3.63) is 65.2 Å². The number of alkyl halides is 1. The first-order valence-corrected chi connectivity index (χ1v) is 8.62. The van der Waals surface area contributed by atoms with E-state index in [1.54, 1.807) is 18.2 Å². The molecule has 0 aliphatic heterocycles. The highest BCUT2D eigenvalue weighted by molar-refractivity contribution is 6.17. The number of carbonyl (C=O) groups excluding carboxylic acids is 1. The third-order valence-electron chi connectivity index (χ3n) is 3.82. The van der Waals surface area contributed by atoms with Gasteiger partial charge < -0.3 is 25.0 Å². The number of hydrogen-bond acceptors (Lipinski definition) is 5. The Hall–Kier alpha value is -2.28. The largest absolute Gasteiger partial charge is 0.496 e. The molecule has 6 nitrogen and oxygen atoms in total. The number of rotatable bonds is 8. The van der Waals surface area contributed by atoms with Crippen LogP contribution in [-0.2, 0) is 17.2 Å². The lowest BCUT2D eigenvalue weighted by Gasteiger charge is -2.20. The summed E-state index contributed by atoms with van der Waals surface area (Å²) in [4.78, 5) is 11.7. The van der Waals surface area contributed by atoms with Crippen LogP contribution in [0.5, 0.6) is 5.75 Å². The molecule has 26 heavy (non-hydrogen) atoms. The third kappa shape index (κ3) is 5.62. The van der Waals surface area contributed by atoms with Gasteiger partial charge >= 0.3 is 6.09 Å². The zero-order valence-electron chi connectivity index (χ0n) is 14.4. The Morgan fingerprint density at radius 1 is 1.19 bits per heavy atom.